The molecule has 0 heterocycles. The molecular weight excluding hydrogens is 258 g/mol. The predicted molar refractivity (Wildman–Crippen MR) is 60.8 cm³/mol. The average molecular weight is 267 g/mol. The van der Waals surface area contributed by atoms with Crippen LogP contribution in [0.15, 0.2) is 16.6 Å². The highest BCUT2D eigenvalue weighted by Gasteiger charge is 2.06. The number of hydrogen-bond acceptors (Lipinski definition) is 2. The van der Waals surface area contributed by atoms with Gasteiger partial charge >= 0.3 is 0 Å². The van der Waals surface area contributed by atoms with Crippen LogP contribution in [0.2, 0.25) is 5.02 Å². The second kappa shape index (κ2) is 4.40. The molecule has 0 atom stereocenters. The largest absolute Gasteiger partial charge is 0.398 e. The summed E-state index contributed by atoms with van der Waals surface area (Å²) in [4.78, 5) is 0. The molecule has 0 aliphatic carbocycles. The summed E-state index contributed by atoms with van der Waals surface area (Å²) >= 11 is 11.1. The molecule has 0 aromatic heterocycles. The van der Waals surface area contributed by atoms with E-state index in [1.807, 2.05) is 18.4 Å². The Hall–Kier alpha value is 0.140. The number of anilines is 1. The van der Waals surface area contributed by atoms with Crippen molar-refractivity contribution < 1.29 is 0 Å². The van der Waals surface area contributed by atoms with Gasteiger partial charge in [-0.2, -0.15) is 11.8 Å². The van der Waals surface area contributed by atoms with Gasteiger partial charge in [-0.1, -0.05) is 11.6 Å². The van der Waals surface area contributed by atoms with Gasteiger partial charge in [0.25, 0.3) is 0 Å². The summed E-state index contributed by atoms with van der Waals surface area (Å²) in [6.45, 7) is 0. The quantitative estimate of drug-likeness (QED) is 0.829. The zero-order valence-corrected chi connectivity index (χ0v) is 9.76. The van der Waals surface area contributed by atoms with Gasteiger partial charge in [0, 0.05) is 21.5 Å². The fraction of sp³-hybridized carbons (Fsp3) is 0.250. The third-order valence-corrected chi connectivity index (χ3v) is 3.42. The summed E-state index contributed by atoms with van der Waals surface area (Å²) in [6.07, 6.45) is 2.02. The summed E-state index contributed by atoms with van der Waals surface area (Å²) in [7, 11) is 0. The van der Waals surface area contributed by atoms with Crippen molar-refractivity contribution in [3.63, 3.8) is 0 Å². The highest BCUT2D eigenvalue weighted by Crippen LogP contribution is 2.32. The minimum absolute atomic E-state index is 0.726. The van der Waals surface area contributed by atoms with Crippen LogP contribution in [0.3, 0.4) is 0 Å². The van der Waals surface area contributed by atoms with E-state index in [4.69, 9.17) is 17.3 Å². The minimum Gasteiger partial charge on any atom is -0.398 e. The van der Waals surface area contributed by atoms with Crippen LogP contribution < -0.4 is 5.73 Å². The average Bonchev–Trinajstić information content (AvgIpc) is 2.06. The zero-order valence-electron chi connectivity index (χ0n) is 6.60. The Balaban J connectivity index is 3.14. The van der Waals surface area contributed by atoms with Crippen molar-refractivity contribution in [3.8, 4) is 0 Å². The number of halogens is 2. The van der Waals surface area contributed by atoms with E-state index in [0.29, 0.717) is 0 Å². The molecular formula is C8H9BrClNS. The van der Waals surface area contributed by atoms with Crippen LogP contribution in [0, 0.1) is 0 Å². The topological polar surface area (TPSA) is 26.0 Å². The number of hydrogen-bond donors (Lipinski definition) is 1. The summed E-state index contributed by atoms with van der Waals surface area (Å²) in [6, 6.07) is 3.73. The van der Waals surface area contributed by atoms with E-state index in [-0.39, 0.29) is 0 Å². The normalized spacial score (nSPS) is 10.2. The number of benzene rings is 1. The van der Waals surface area contributed by atoms with Crippen LogP contribution in [0.4, 0.5) is 5.69 Å². The van der Waals surface area contributed by atoms with E-state index in [9.17, 15) is 0 Å². The molecule has 0 spiro atoms. The summed E-state index contributed by atoms with van der Waals surface area (Å²) in [5.74, 6) is 0.851. The van der Waals surface area contributed by atoms with Gasteiger partial charge < -0.3 is 5.73 Å². The van der Waals surface area contributed by atoms with Gasteiger partial charge in [-0.15, -0.1) is 0 Å². The van der Waals surface area contributed by atoms with E-state index in [2.05, 4.69) is 15.9 Å². The molecule has 0 aliphatic heterocycles. The lowest BCUT2D eigenvalue weighted by Gasteiger charge is -2.07. The number of thioether (sulfide) groups is 1. The smallest absolute Gasteiger partial charge is 0.0609 e. The molecule has 0 amide bonds. The summed E-state index contributed by atoms with van der Waals surface area (Å²) in [5, 5.41) is 0.726. The van der Waals surface area contributed by atoms with Crippen molar-refractivity contribution in [3.05, 3.63) is 27.2 Å². The molecule has 4 heteroatoms. The van der Waals surface area contributed by atoms with Crippen molar-refractivity contribution >= 4 is 45.0 Å². The first-order valence-corrected chi connectivity index (χ1v) is 5.94. The van der Waals surface area contributed by atoms with E-state index < -0.39 is 0 Å². The molecule has 0 saturated heterocycles. The first-order chi connectivity index (χ1) is 5.66. The van der Waals surface area contributed by atoms with E-state index in [0.717, 1.165) is 26.5 Å². The Kier molecular flexibility index (Phi) is 3.75. The van der Waals surface area contributed by atoms with E-state index >= 15 is 0 Å². The van der Waals surface area contributed by atoms with Gasteiger partial charge in [-0.25, -0.2) is 0 Å². The third kappa shape index (κ3) is 2.09. The molecule has 0 aliphatic rings. The molecule has 1 aromatic carbocycles. The molecule has 2 N–H and O–H groups in total. The number of nitrogens with two attached hydrogens (primary N) is 1. The Morgan fingerprint density at radius 3 is 2.83 bits per heavy atom. The van der Waals surface area contributed by atoms with Gasteiger partial charge in [0.15, 0.2) is 0 Å². The first-order valence-electron chi connectivity index (χ1n) is 3.38. The highest BCUT2D eigenvalue weighted by molar-refractivity contribution is 9.10. The summed E-state index contributed by atoms with van der Waals surface area (Å²) < 4.78 is 0.905. The predicted octanol–water partition coefficient (Wildman–Crippen LogP) is 3.55. The van der Waals surface area contributed by atoms with Gasteiger partial charge in [0.1, 0.15) is 0 Å². The molecule has 0 saturated carbocycles. The molecule has 0 bridgehead atoms. The molecule has 1 rings (SSSR count). The minimum atomic E-state index is 0.726. The molecule has 0 radical (unpaired) electrons. The molecule has 0 fully saturated rings. The SMILES string of the molecule is CSCc1c(N)ccc(Br)c1Cl. The van der Waals surface area contributed by atoms with Crippen LogP contribution >= 0.6 is 39.3 Å². The second-order valence-electron chi connectivity index (χ2n) is 2.36. The first kappa shape index (κ1) is 10.2. The Morgan fingerprint density at radius 1 is 1.58 bits per heavy atom. The lowest BCUT2D eigenvalue weighted by atomic mass is 10.2. The van der Waals surface area contributed by atoms with Crippen molar-refractivity contribution in [2.75, 3.05) is 12.0 Å². The molecule has 1 nitrogen and oxygen atoms in total. The maximum atomic E-state index is 6.04. The van der Waals surface area contributed by atoms with Crippen LogP contribution in [0.1, 0.15) is 5.56 Å². The molecule has 0 unspecified atom stereocenters. The second-order valence-corrected chi connectivity index (χ2v) is 4.46. The van der Waals surface area contributed by atoms with E-state index in [1.165, 1.54) is 0 Å². The lowest BCUT2D eigenvalue weighted by Crippen LogP contribution is -1.93. The van der Waals surface area contributed by atoms with Crippen LogP contribution in [-0.2, 0) is 5.75 Å². The molecule has 1 aromatic rings. The Bertz CT molecular complexity index is 291. The monoisotopic (exact) mass is 265 g/mol. The maximum absolute atomic E-state index is 6.04. The lowest BCUT2D eigenvalue weighted by molar-refractivity contribution is 1.40. The van der Waals surface area contributed by atoms with Crippen LogP contribution in [0.5, 0.6) is 0 Å². The van der Waals surface area contributed by atoms with Crippen molar-refractivity contribution in [1.29, 1.82) is 0 Å². The molecule has 66 valence electrons. The fourth-order valence-electron chi connectivity index (χ4n) is 0.899. The summed E-state index contributed by atoms with van der Waals surface area (Å²) in [5.41, 5.74) is 7.53. The van der Waals surface area contributed by atoms with Gasteiger partial charge in [-0.05, 0) is 34.3 Å². The highest BCUT2D eigenvalue weighted by atomic mass is 79.9. The van der Waals surface area contributed by atoms with Crippen molar-refractivity contribution in [2.24, 2.45) is 0 Å². The van der Waals surface area contributed by atoms with Gasteiger partial charge in [-0.3, -0.25) is 0 Å². The van der Waals surface area contributed by atoms with Gasteiger partial charge in [0.2, 0.25) is 0 Å². The maximum Gasteiger partial charge on any atom is 0.0609 e. The van der Waals surface area contributed by atoms with Gasteiger partial charge in [0.05, 0.1) is 5.02 Å². The Morgan fingerprint density at radius 2 is 2.25 bits per heavy atom. The molecule has 12 heavy (non-hydrogen) atoms. The fourth-order valence-corrected chi connectivity index (χ4v) is 2.19. The van der Waals surface area contributed by atoms with Crippen LogP contribution in [0.25, 0.3) is 0 Å². The van der Waals surface area contributed by atoms with Crippen LogP contribution in [-0.4, -0.2) is 6.26 Å². The van der Waals surface area contributed by atoms with Crippen molar-refractivity contribution in [2.45, 2.75) is 5.75 Å². The number of nitrogen functional groups attached to an aromatic ring is 1. The van der Waals surface area contributed by atoms with Crippen molar-refractivity contribution in [1.82, 2.24) is 0 Å². The van der Waals surface area contributed by atoms with E-state index in [1.54, 1.807) is 11.8 Å². The standard InChI is InChI=1S/C8H9BrClNS/c1-12-4-5-7(11)3-2-6(9)8(5)10/h2-3H,4,11H2,1H3. The number of rotatable bonds is 2. The Labute approximate surface area is 89.8 Å². The zero-order chi connectivity index (χ0) is 9.14. The third-order valence-electron chi connectivity index (χ3n) is 1.52.